The lowest BCUT2D eigenvalue weighted by molar-refractivity contribution is -0.145. The largest absolute Gasteiger partial charge is 0.490 e. The van der Waals surface area contributed by atoms with Gasteiger partial charge in [-0.2, -0.15) is 0 Å². The third-order valence-corrected chi connectivity index (χ3v) is 6.91. The van der Waals surface area contributed by atoms with E-state index in [1.807, 2.05) is 12.2 Å². The van der Waals surface area contributed by atoms with E-state index in [-0.39, 0.29) is 25.2 Å². The number of benzene rings is 2. The number of hydrogen-bond acceptors (Lipinski definition) is 8. The Balaban J connectivity index is 1.90. The summed E-state index contributed by atoms with van der Waals surface area (Å²) in [7, 11) is 1.24. The summed E-state index contributed by atoms with van der Waals surface area (Å²) in [5, 5.41) is 8.20. The summed E-state index contributed by atoms with van der Waals surface area (Å²) in [4.78, 5) is 55.8. The van der Waals surface area contributed by atoms with E-state index in [0.29, 0.717) is 44.1 Å². The van der Waals surface area contributed by atoms with Crippen LogP contribution in [0.25, 0.3) is 0 Å². The minimum Gasteiger partial charge on any atom is -0.490 e. The standard InChI is InChI=1S/C32H42N6O7/c1-21(39)36-27-19-22-8-12-24(13-9-22)44-17-5-6-18-45-25-14-10-23(11-15-25)20-28(31(42)43-2)38-29(40)26(37-30(27)41)7-3-4-16-35-32(33)34/h5-6,8-15,26-28H,3-4,7,16-20H2,1-2H3,(H,36,39)(H,37,41)(H,38,40)(H4,33,34,35)/b6-5-/t26-,27+,28+/m1/s1. The van der Waals surface area contributed by atoms with Crippen LogP contribution in [0.15, 0.2) is 65.7 Å². The molecule has 4 heterocycles. The molecule has 4 aliphatic rings. The molecule has 2 aromatic rings. The molecular weight excluding hydrogens is 580 g/mol. The molecule has 0 unspecified atom stereocenters. The van der Waals surface area contributed by atoms with Crippen LogP contribution in [-0.4, -0.2) is 74.6 Å². The smallest absolute Gasteiger partial charge is 0.328 e. The van der Waals surface area contributed by atoms with Crippen LogP contribution in [0.1, 0.15) is 37.3 Å². The van der Waals surface area contributed by atoms with E-state index in [2.05, 4.69) is 20.9 Å². The highest BCUT2D eigenvalue weighted by Crippen LogP contribution is 2.16. The van der Waals surface area contributed by atoms with Crippen LogP contribution < -0.4 is 36.9 Å². The number of carbonyl (C=O) groups excluding carboxylic acids is 4. The maximum absolute atomic E-state index is 13.6. The Hall–Kier alpha value is -5.07. The molecule has 2 aromatic carbocycles. The molecule has 0 saturated heterocycles. The molecule has 4 aliphatic heterocycles. The van der Waals surface area contributed by atoms with Crippen molar-refractivity contribution in [1.82, 2.24) is 16.0 Å². The number of hydrogen-bond donors (Lipinski definition) is 5. The number of nitrogens with two attached hydrogens (primary N) is 2. The number of guanidine groups is 1. The number of methoxy groups -OCH3 is 1. The third kappa shape index (κ3) is 12.2. The first-order valence-electron chi connectivity index (χ1n) is 14.7. The zero-order valence-corrected chi connectivity index (χ0v) is 25.6. The number of rotatable bonds is 7. The summed E-state index contributed by atoms with van der Waals surface area (Å²) in [5.41, 5.74) is 12.3. The van der Waals surface area contributed by atoms with E-state index >= 15 is 0 Å². The summed E-state index contributed by atoms with van der Waals surface area (Å²) in [5.74, 6) is -0.944. The van der Waals surface area contributed by atoms with Gasteiger partial charge in [-0.1, -0.05) is 24.3 Å². The van der Waals surface area contributed by atoms with Crippen molar-refractivity contribution in [2.45, 2.75) is 57.2 Å². The molecule has 13 nitrogen and oxygen atoms in total. The maximum Gasteiger partial charge on any atom is 0.328 e. The zero-order valence-electron chi connectivity index (χ0n) is 25.6. The highest BCUT2D eigenvalue weighted by molar-refractivity contribution is 5.93. The quantitative estimate of drug-likeness (QED) is 0.0979. The summed E-state index contributed by atoms with van der Waals surface area (Å²) in [6.07, 6.45) is 5.26. The van der Waals surface area contributed by atoms with E-state index in [9.17, 15) is 19.2 Å². The van der Waals surface area contributed by atoms with Crippen molar-refractivity contribution in [2.24, 2.45) is 16.5 Å². The van der Waals surface area contributed by atoms with Gasteiger partial charge < -0.3 is 41.6 Å². The fourth-order valence-electron chi connectivity index (χ4n) is 4.61. The zero-order chi connectivity index (χ0) is 32.6. The van der Waals surface area contributed by atoms with Gasteiger partial charge in [0.05, 0.1) is 7.11 Å². The maximum atomic E-state index is 13.6. The molecule has 6 rings (SSSR count). The highest BCUT2D eigenvalue weighted by atomic mass is 16.5. The first-order valence-corrected chi connectivity index (χ1v) is 14.7. The molecule has 0 aromatic heterocycles. The summed E-state index contributed by atoms with van der Waals surface area (Å²) in [6, 6.07) is 11.3. The van der Waals surface area contributed by atoms with Crippen LogP contribution in [0.3, 0.4) is 0 Å². The second-order valence-corrected chi connectivity index (χ2v) is 10.5. The van der Waals surface area contributed by atoms with Gasteiger partial charge in [0.25, 0.3) is 0 Å². The topological polar surface area (TPSA) is 196 Å². The van der Waals surface area contributed by atoms with Crippen molar-refractivity contribution in [1.29, 1.82) is 0 Å². The number of carbonyl (C=O) groups is 4. The summed E-state index contributed by atoms with van der Waals surface area (Å²) >= 11 is 0. The number of esters is 1. The van der Waals surface area contributed by atoms with Crippen molar-refractivity contribution in [2.75, 3.05) is 26.9 Å². The minimum absolute atomic E-state index is 0.0414. The number of nitrogens with one attached hydrogen (secondary N) is 3. The molecule has 13 heteroatoms. The van der Waals surface area contributed by atoms with Crippen molar-refractivity contribution in [3.05, 3.63) is 71.8 Å². The molecule has 3 amide bonds. The lowest BCUT2D eigenvalue weighted by Crippen LogP contribution is -2.56. The van der Waals surface area contributed by atoms with Gasteiger partial charge in [-0.15, -0.1) is 0 Å². The second kappa shape index (κ2) is 17.9. The molecule has 0 spiro atoms. The van der Waals surface area contributed by atoms with Crippen LogP contribution >= 0.6 is 0 Å². The number of aliphatic imine (C=N–C) groups is 1. The Morgan fingerprint density at radius 1 is 0.889 bits per heavy atom. The van der Waals surface area contributed by atoms with E-state index in [1.54, 1.807) is 48.5 Å². The lowest BCUT2D eigenvalue weighted by atomic mass is 10.0. The van der Waals surface area contributed by atoms with Crippen LogP contribution in [0.2, 0.25) is 0 Å². The predicted octanol–water partition coefficient (Wildman–Crippen LogP) is 0.890. The first-order chi connectivity index (χ1) is 21.6. The average Bonchev–Trinajstić information content (AvgIpc) is 3.01. The van der Waals surface area contributed by atoms with Crippen molar-refractivity contribution < 1.29 is 33.4 Å². The normalized spacial score (nSPS) is 20.0. The first kappa shape index (κ1) is 34.4. The van der Waals surface area contributed by atoms with E-state index < -0.39 is 41.8 Å². The summed E-state index contributed by atoms with van der Waals surface area (Å²) < 4.78 is 16.5. The van der Waals surface area contributed by atoms with Crippen molar-refractivity contribution >= 4 is 29.7 Å². The van der Waals surface area contributed by atoms with Gasteiger partial charge in [-0.3, -0.25) is 19.4 Å². The number of nitrogens with zero attached hydrogens (tertiary/aromatic N) is 1. The molecule has 0 fully saturated rings. The van der Waals surface area contributed by atoms with Crippen LogP contribution in [0.4, 0.5) is 0 Å². The Labute approximate surface area is 262 Å². The Kier molecular flexibility index (Phi) is 13.7. The van der Waals surface area contributed by atoms with Crippen LogP contribution in [0.5, 0.6) is 11.5 Å². The molecule has 0 aliphatic carbocycles. The van der Waals surface area contributed by atoms with Gasteiger partial charge in [0.2, 0.25) is 17.7 Å². The van der Waals surface area contributed by atoms with Gasteiger partial charge in [0, 0.05) is 26.3 Å². The van der Waals surface area contributed by atoms with Crippen molar-refractivity contribution in [3.63, 3.8) is 0 Å². The van der Waals surface area contributed by atoms with Gasteiger partial charge in [-0.05, 0) is 66.8 Å². The van der Waals surface area contributed by atoms with E-state index in [1.165, 1.54) is 14.0 Å². The van der Waals surface area contributed by atoms with E-state index in [4.69, 9.17) is 25.7 Å². The second-order valence-electron chi connectivity index (χ2n) is 10.5. The Morgan fingerprint density at radius 2 is 1.47 bits per heavy atom. The van der Waals surface area contributed by atoms with Crippen molar-refractivity contribution in [3.8, 4) is 11.5 Å². The monoisotopic (exact) mass is 622 g/mol. The molecule has 3 atom stereocenters. The minimum atomic E-state index is -1.03. The molecule has 0 saturated carbocycles. The van der Waals surface area contributed by atoms with Gasteiger partial charge >= 0.3 is 5.97 Å². The number of unbranched alkanes of at least 4 members (excludes halogenated alkanes) is 1. The fourth-order valence-corrected chi connectivity index (χ4v) is 4.61. The molecular formula is C32H42N6O7. The van der Waals surface area contributed by atoms with Crippen LogP contribution in [-0.2, 0) is 36.8 Å². The molecule has 242 valence electrons. The van der Waals surface area contributed by atoms with Gasteiger partial charge in [-0.25, -0.2) is 4.79 Å². The molecule has 0 radical (unpaired) electrons. The molecule has 45 heavy (non-hydrogen) atoms. The average molecular weight is 623 g/mol. The molecule has 4 bridgehead atoms. The predicted molar refractivity (Wildman–Crippen MR) is 168 cm³/mol. The SMILES string of the molecule is COC(=O)[C@@H]1Cc2ccc(cc2)OC/C=C\COc2ccc(cc2)C[C@H](NC(C)=O)C(=O)N[C@H](CCCCN=C(N)N)C(=O)N1. The molecule has 7 N–H and O–H groups in total. The lowest BCUT2D eigenvalue weighted by Gasteiger charge is -2.25. The van der Waals surface area contributed by atoms with Gasteiger partial charge in [0.1, 0.15) is 42.8 Å². The third-order valence-electron chi connectivity index (χ3n) is 6.91. The number of ether oxygens (including phenoxy) is 3. The van der Waals surface area contributed by atoms with Crippen LogP contribution in [0, 0.1) is 0 Å². The number of amides is 3. The Morgan fingerprint density at radius 3 is 2.00 bits per heavy atom. The fraction of sp³-hybridized carbons (Fsp3) is 0.406. The Bertz CT molecular complexity index is 1340. The van der Waals surface area contributed by atoms with Gasteiger partial charge in [0.15, 0.2) is 5.96 Å². The van der Waals surface area contributed by atoms with E-state index in [0.717, 1.165) is 11.1 Å². The summed E-state index contributed by atoms with van der Waals surface area (Å²) in [6.45, 7) is 2.33. The highest BCUT2D eigenvalue weighted by Gasteiger charge is 2.30.